The molecule has 72 heavy (non-hydrogen) atoms. The van der Waals surface area contributed by atoms with Gasteiger partial charge in [-0.15, -0.1) is 0 Å². The van der Waals surface area contributed by atoms with Crippen LogP contribution in [0.1, 0.15) is 99.6 Å². The molecular weight excluding hydrogens is 925 g/mol. The minimum Gasteiger partial charge on any atom is -0.508 e. The summed E-state index contributed by atoms with van der Waals surface area (Å²) in [6.07, 6.45) is 0.967. The van der Waals surface area contributed by atoms with E-state index in [0.717, 1.165) is 10.5 Å². The Bertz CT molecular complexity index is 2320. The number of esters is 3. The van der Waals surface area contributed by atoms with Gasteiger partial charge in [-0.1, -0.05) is 89.6 Å². The lowest BCUT2D eigenvalue weighted by Gasteiger charge is -2.33. The molecule has 2 aromatic rings. The van der Waals surface area contributed by atoms with Gasteiger partial charge in [0.1, 0.15) is 47.7 Å². The predicted molar refractivity (Wildman–Crippen MR) is 270 cm³/mol. The van der Waals surface area contributed by atoms with Gasteiger partial charge < -0.3 is 45.1 Å². The number of carbonyl (C=O) groups excluding carboxylic acids is 8. The standard InChI is InChI=1S/C54H76N6O12/c1-13-32(5)45-48(64)57-37(10)52(68)72-46(33(6)14-2)35(8)43-29-54(53(69)71-43,55-25-24-38-20-22-40(61)23-21-38)28-34(7)51(67)70-42(26-31(3)4)47(63)56-36(9)49(65)60(12)41(27-39-18-16-15-17-19-39)50(66)59(11)30-44(62)58-45/h14-23,28,31-32,35-37,41-43,45-46,55,61H,13,24-27,29-30H2,1-12H3,(H,56,63)(H,57,64)(H,58,62)/b33-14+,34-28+/t32?,35-,36-,37+,41+,42+,43-,45-,46+,54?/m0/s1. The zero-order valence-electron chi connectivity index (χ0n) is 43.9. The van der Waals surface area contributed by atoms with E-state index in [1.807, 2.05) is 20.8 Å². The summed E-state index contributed by atoms with van der Waals surface area (Å²) in [4.78, 5) is 115. The Labute approximate surface area is 424 Å². The molecule has 18 heteroatoms. The van der Waals surface area contributed by atoms with Gasteiger partial charge in [0, 0.05) is 45.0 Å². The highest BCUT2D eigenvalue weighted by Gasteiger charge is 2.51. The fourth-order valence-electron chi connectivity index (χ4n) is 8.76. The lowest BCUT2D eigenvalue weighted by Crippen LogP contribution is -2.57. The maximum atomic E-state index is 14.3. The zero-order chi connectivity index (χ0) is 53.6. The Balaban J connectivity index is 1.80. The number of fused-ring (bicyclic) bond motifs is 2. The third-order valence-corrected chi connectivity index (χ3v) is 13.5. The molecule has 0 radical (unpaired) electrons. The molecule has 2 aliphatic rings. The van der Waals surface area contributed by atoms with E-state index in [9.17, 15) is 43.5 Å². The van der Waals surface area contributed by atoms with Gasteiger partial charge in [-0.25, -0.2) is 14.4 Å². The van der Waals surface area contributed by atoms with Gasteiger partial charge in [-0.05, 0) is 94.2 Å². The van der Waals surface area contributed by atoms with Crippen molar-refractivity contribution in [1.82, 2.24) is 31.1 Å². The zero-order valence-corrected chi connectivity index (χ0v) is 43.9. The van der Waals surface area contributed by atoms with E-state index in [4.69, 9.17) is 14.2 Å². The molecule has 18 nitrogen and oxygen atoms in total. The number of nitrogens with one attached hydrogen (secondary N) is 4. The molecule has 394 valence electrons. The van der Waals surface area contributed by atoms with Crippen LogP contribution in [0.15, 0.2) is 77.9 Å². The first-order valence-corrected chi connectivity index (χ1v) is 24.8. The highest BCUT2D eigenvalue weighted by Crippen LogP contribution is 2.36. The minimum absolute atomic E-state index is 0.0209. The van der Waals surface area contributed by atoms with Gasteiger partial charge in [-0.3, -0.25) is 29.3 Å². The number of carbonyl (C=O) groups is 8. The summed E-state index contributed by atoms with van der Waals surface area (Å²) in [7, 11) is 2.83. The maximum absolute atomic E-state index is 14.3. The van der Waals surface area contributed by atoms with Crippen molar-refractivity contribution < 1.29 is 57.7 Å². The maximum Gasteiger partial charge on any atom is 0.334 e. The lowest BCUT2D eigenvalue weighted by atomic mass is 9.85. The Hall–Kier alpha value is -6.56. The Morgan fingerprint density at radius 3 is 2.10 bits per heavy atom. The van der Waals surface area contributed by atoms with Crippen LogP contribution in [-0.2, 0) is 65.4 Å². The third kappa shape index (κ3) is 15.5. The van der Waals surface area contributed by atoms with Gasteiger partial charge in [0.25, 0.3) is 5.91 Å². The topological polar surface area (TPSA) is 239 Å². The molecule has 0 aliphatic carbocycles. The number of nitrogens with zero attached hydrogens (tertiary/aromatic N) is 2. The van der Waals surface area contributed by atoms with Crippen molar-refractivity contribution >= 4 is 47.4 Å². The fourth-order valence-corrected chi connectivity index (χ4v) is 8.76. The second kappa shape index (κ2) is 26.2. The number of benzene rings is 2. The number of cyclic esters (lactones) is 2. The summed E-state index contributed by atoms with van der Waals surface area (Å²) in [5.74, 6) is -6.88. The van der Waals surface area contributed by atoms with Gasteiger partial charge in [0.05, 0.1) is 6.54 Å². The van der Waals surface area contributed by atoms with Crippen molar-refractivity contribution in [3.8, 4) is 5.75 Å². The SMILES string of the molecule is C/C=C(\C)[C@H]1OC(=O)[C@@H](C)NC(=O)[C@H](C(C)CC)NC(=O)CN(C)C(=O)[C@@H](Cc2ccccc2)N(C)C(=O)[C@H](C)NC(=O)[C@@H](CC(C)C)OC(=O)/C(C)=C/C2(NCCc3ccc(O)cc3)C[C@H](OC2=O)[C@@H]1C. The molecule has 0 aromatic heterocycles. The molecule has 2 aliphatic heterocycles. The first-order chi connectivity index (χ1) is 33.9. The summed E-state index contributed by atoms with van der Waals surface area (Å²) >= 11 is 0. The Kier molecular flexibility index (Phi) is 21.1. The summed E-state index contributed by atoms with van der Waals surface area (Å²) in [5.41, 5.74) is 0.564. The van der Waals surface area contributed by atoms with E-state index < -0.39 is 114 Å². The predicted octanol–water partition coefficient (Wildman–Crippen LogP) is 4.08. The monoisotopic (exact) mass is 1000 g/mol. The molecule has 2 bridgehead atoms. The van der Waals surface area contributed by atoms with Gasteiger partial charge in [0.2, 0.25) is 23.6 Å². The molecule has 10 atom stereocenters. The number of aromatic hydroxyl groups is 1. The average Bonchev–Trinajstić information content (AvgIpc) is 3.66. The van der Waals surface area contributed by atoms with E-state index in [2.05, 4.69) is 21.3 Å². The smallest absolute Gasteiger partial charge is 0.334 e. The van der Waals surface area contributed by atoms with Crippen LogP contribution in [0, 0.1) is 17.8 Å². The number of hydrogen-bond donors (Lipinski definition) is 5. The number of phenols is 1. The van der Waals surface area contributed by atoms with E-state index in [1.54, 1.807) is 88.4 Å². The molecule has 1 fully saturated rings. The lowest BCUT2D eigenvalue weighted by molar-refractivity contribution is -0.157. The third-order valence-electron chi connectivity index (χ3n) is 13.5. The molecule has 5 amide bonds. The van der Waals surface area contributed by atoms with Crippen molar-refractivity contribution in [2.75, 3.05) is 27.2 Å². The van der Waals surface area contributed by atoms with Crippen LogP contribution in [0.3, 0.4) is 0 Å². The van der Waals surface area contributed by atoms with Gasteiger partial charge in [0.15, 0.2) is 6.10 Å². The van der Waals surface area contributed by atoms with Crippen LogP contribution in [0.25, 0.3) is 0 Å². The van der Waals surface area contributed by atoms with E-state index in [1.165, 1.54) is 45.8 Å². The first kappa shape index (κ1) is 58.0. The highest BCUT2D eigenvalue weighted by molar-refractivity contribution is 5.97. The first-order valence-electron chi connectivity index (χ1n) is 24.8. The van der Waals surface area contributed by atoms with Gasteiger partial charge >= 0.3 is 17.9 Å². The average molecular weight is 1000 g/mol. The fraction of sp³-hybridized carbons (Fsp3) is 0.556. The van der Waals surface area contributed by atoms with Crippen LogP contribution < -0.4 is 21.3 Å². The number of rotatable bonds is 11. The Morgan fingerprint density at radius 2 is 1.49 bits per heavy atom. The van der Waals surface area contributed by atoms with E-state index in [-0.39, 0.29) is 43.0 Å². The van der Waals surface area contributed by atoms with Gasteiger partial charge in [-0.2, -0.15) is 0 Å². The normalized spacial score (nSPS) is 28.5. The molecule has 0 saturated carbocycles. The number of amides is 5. The minimum atomic E-state index is -1.61. The Morgan fingerprint density at radius 1 is 0.847 bits per heavy atom. The van der Waals surface area contributed by atoms with Crippen LogP contribution in [0.5, 0.6) is 5.75 Å². The highest BCUT2D eigenvalue weighted by atomic mass is 16.6. The van der Waals surface area contributed by atoms with Crippen molar-refractivity contribution in [2.45, 2.75) is 149 Å². The summed E-state index contributed by atoms with van der Waals surface area (Å²) in [5, 5.41) is 21.3. The van der Waals surface area contributed by atoms with Crippen molar-refractivity contribution in [1.29, 1.82) is 0 Å². The second-order valence-electron chi connectivity index (χ2n) is 19.8. The molecular formula is C54H76N6O12. The summed E-state index contributed by atoms with van der Waals surface area (Å²) < 4.78 is 18.1. The summed E-state index contributed by atoms with van der Waals surface area (Å²) in [6, 6.07) is 10.8. The number of likely N-dealkylation sites (N-methyl/N-ethyl adjacent to an activating group) is 2. The molecule has 2 aromatic carbocycles. The van der Waals surface area contributed by atoms with Crippen LogP contribution in [0.4, 0.5) is 0 Å². The quantitative estimate of drug-likeness (QED) is 0.121. The largest absolute Gasteiger partial charge is 0.508 e. The molecule has 5 N–H and O–H groups in total. The van der Waals surface area contributed by atoms with E-state index >= 15 is 0 Å². The molecule has 2 heterocycles. The number of hydrogen-bond acceptors (Lipinski definition) is 13. The number of allylic oxidation sites excluding steroid dienone is 1. The molecule has 1 saturated heterocycles. The molecule has 0 spiro atoms. The van der Waals surface area contributed by atoms with Crippen molar-refractivity contribution in [3.63, 3.8) is 0 Å². The van der Waals surface area contributed by atoms with Crippen molar-refractivity contribution in [2.24, 2.45) is 17.8 Å². The molecule has 4 rings (SSSR count). The van der Waals surface area contributed by atoms with E-state index in [0.29, 0.717) is 24.0 Å². The summed E-state index contributed by atoms with van der Waals surface area (Å²) in [6.45, 7) is 16.7. The number of ether oxygens (including phenoxy) is 3. The van der Waals surface area contributed by atoms with Crippen LogP contribution in [-0.4, -0.2) is 138 Å². The number of phenolic OH excluding ortho intramolecular Hbond substituents is 1. The van der Waals surface area contributed by atoms with Crippen molar-refractivity contribution in [3.05, 3.63) is 89.0 Å². The second-order valence-corrected chi connectivity index (χ2v) is 19.8. The van der Waals surface area contributed by atoms with Crippen LogP contribution >= 0.6 is 0 Å². The van der Waals surface area contributed by atoms with Crippen LogP contribution in [0.2, 0.25) is 0 Å². The molecule has 2 unspecified atom stereocenters.